The molecule has 0 atom stereocenters. The van der Waals surface area contributed by atoms with Crippen LogP contribution in [0.3, 0.4) is 0 Å². The van der Waals surface area contributed by atoms with E-state index in [1.54, 1.807) is 37.8 Å². The van der Waals surface area contributed by atoms with Crippen molar-refractivity contribution in [2.24, 2.45) is 27.2 Å². The molecule has 0 aliphatic carbocycles. The summed E-state index contributed by atoms with van der Waals surface area (Å²) in [6.07, 6.45) is 0.513. The van der Waals surface area contributed by atoms with Crippen LogP contribution in [-0.2, 0) is 14.8 Å². The van der Waals surface area contributed by atoms with Crippen LogP contribution in [0.1, 0.15) is 33.6 Å². The lowest BCUT2D eigenvalue weighted by Crippen LogP contribution is -2.47. The first-order valence-electron chi connectivity index (χ1n) is 9.40. The maximum atomic E-state index is 12.9. The number of ether oxygens (including phenoxy) is 1. The van der Waals surface area contributed by atoms with Crippen molar-refractivity contribution in [1.29, 1.82) is 0 Å². The number of hydrogen-bond acceptors (Lipinski definition) is 5. The number of benzene rings is 1. The average Bonchev–Trinajstić information content (AvgIpc) is 2.60. The van der Waals surface area contributed by atoms with Gasteiger partial charge in [0, 0.05) is 19.1 Å². The molecule has 2 rings (SSSR count). The molecule has 0 spiro atoms. The second-order valence-corrected chi connectivity index (χ2v) is 9.52. The SMILES string of the molecule is CC(C)(C)OC(=O)N1CCC(NS(=O)(=O)c2ccccc2N=C(N)N=C(N)N)CC1. The fraction of sp³-hybridized carbons (Fsp3) is 0.500. The first-order chi connectivity index (χ1) is 13.9. The summed E-state index contributed by atoms with van der Waals surface area (Å²) < 4.78 is 33.9. The van der Waals surface area contributed by atoms with Gasteiger partial charge in [0.25, 0.3) is 0 Å². The number of hydrogen-bond donors (Lipinski definition) is 4. The number of carbonyl (C=O) groups excluding carboxylic acids is 1. The van der Waals surface area contributed by atoms with E-state index < -0.39 is 21.7 Å². The zero-order valence-electron chi connectivity index (χ0n) is 17.3. The van der Waals surface area contributed by atoms with Gasteiger partial charge in [-0.05, 0) is 45.7 Å². The molecule has 30 heavy (non-hydrogen) atoms. The van der Waals surface area contributed by atoms with Gasteiger partial charge >= 0.3 is 6.09 Å². The topological polar surface area (TPSA) is 178 Å². The van der Waals surface area contributed by atoms with Crippen LogP contribution in [0.4, 0.5) is 10.5 Å². The summed E-state index contributed by atoms with van der Waals surface area (Å²) in [7, 11) is -3.89. The van der Waals surface area contributed by atoms with Crippen molar-refractivity contribution in [3.63, 3.8) is 0 Å². The molecule has 12 heteroatoms. The van der Waals surface area contributed by atoms with Gasteiger partial charge in [-0.1, -0.05) is 12.1 Å². The van der Waals surface area contributed by atoms with E-state index in [0.717, 1.165) is 0 Å². The molecule has 1 aliphatic rings. The van der Waals surface area contributed by atoms with Crippen LogP contribution in [0.15, 0.2) is 39.1 Å². The zero-order chi connectivity index (χ0) is 22.5. The minimum Gasteiger partial charge on any atom is -0.444 e. The predicted octanol–water partition coefficient (Wildman–Crippen LogP) is 0.584. The molecule has 1 saturated heterocycles. The first-order valence-corrected chi connectivity index (χ1v) is 10.9. The normalized spacial score (nSPS) is 16.2. The summed E-state index contributed by atoms with van der Waals surface area (Å²) in [5.74, 6) is -0.547. The lowest BCUT2D eigenvalue weighted by Gasteiger charge is -2.33. The number of nitrogens with one attached hydrogen (secondary N) is 1. The lowest BCUT2D eigenvalue weighted by molar-refractivity contribution is 0.0203. The van der Waals surface area contributed by atoms with E-state index in [0.29, 0.717) is 25.9 Å². The molecule has 0 saturated carbocycles. The molecule has 1 fully saturated rings. The van der Waals surface area contributed by atoms with Gasteiger partial charge in [0.1, 0.15) is 10.5 Å². The summed E-state index contributed by atoms with van der Waals surface area (Å²) in [6.45, 7) is 6.17. The molecule has 1 aliphatic heterocycles. The number of carbonyl (C=O) groups is 1. The van der Waals surface area contributed by atoms with E-state index in [9.17, 15) is 13.2 Å². The highest BCUT2D eigenvalue weighted by Crippen LogP contribution is 2.25. The number of nitrogens with zero attached hydrogens (tertiary/aromatic N) is 3. The Morgan fingerprint density at radius 2 is 1.77 bits per heavy atom. The van der Waals surface area contributed by atoms with Gasteiger partial charge in [0.05, 0.1) is 5.69 Å². The first kappa shape index (κ1) is 23.4. The van der Waals surface area contributed by atoms with Crippen molar-refractivity contribution in [2.45, 2.75) is 50.2 Å². The number of likely N-dealkylation sites (tertiary alicyclic amines) is 1. The monoisotopic (exact) mass is 439 g/mol. The summed E-state index contributed by atoms with van der Waals surface area (Å²) in [4.78, 5) is 21.3. The summed E-state index contributed by atoms with van der Waals surface area (Å²) in [6, 6.07) is 5.78. The van der Waals surface area contributed by atoms with Crippen molar-refractivity contribution in [3.05, 3.63) is 24.3 Å². The molecule has 166 valence electrons. The zero-order valence-corrected chi connectivity index (χ0v) is 18.1. The number of rotatable bonds is 4. The second-order valence-electron chi connectivity index (χ2n) is 7.84. The molecular formula is C18H29N7O4S. The number of sulfonamides is 1. The Kier molecular flexibility index (Phi) is 7.26. The summed E-state index contributed by atoms with van der Waals surface area (Å²) in [5.41, 5.74) is 15.7. The van der Waals surface area contributed by atoms with Gasteiger partial charge in [0.2, 0.25) is 16.0 Å². The minimum absolute atomic E-state index is 0.0479. The van der Waals surface area contributed by atoms with E-state index >= 15 is 0 Å². The Hall–Kier alpha value is -2.86. The van der Waals surface area contributed by atoms with Crippen LogP contribution in [0.5, 0.6) is 0 Å². The standard InChI is InChI=1S/C18H29N7O4S/c1-18(2,3)29-17(26)25-10-8-12(9-11-25)24-30(27,28)14-7-5-4-6-13(14)22-16(21)23-15(19)20/h4-7,12,24H,8-11H2,1-3H3,(H6,19,20,21,22,23). The fourth-order valence-corrected chi connectivity index (χ4v) is 4.29. The van der Waals surface area contributed by atoms with Crippen molar-refractivity contribution < 1.29 is 17.9 Å². The Morgan fingerprint density at radius 3 is 2.33 bits per heavy atom. The number of amides is 1. The van der Waals surface area contributed by atoms with Gasteiger partial charge in [-0.2, -0.15) is 4.99 Å². The number of piperidine rings is 1. The molecular weight excluding hydrogens is 410 g/mol. The van der Waals surface area contributed by atoms with Gasteiger partial charge in [0.15, 0.2) is 5.96 Å². The Labute approximate surface area is 176 Å². The van der Waals surface area contributed by atoms with Crippen molar-refractivity contribution in [1.82, 2.24) is 9.62 Å². The second kappa shape index (κ2) is 9.30. The maximum absolute atomic E-state index is 12.9. The van der Waals surface area contributed by atoms with E-state index in [1.807, 2.05) is 0 Å². The third-order valence-corrected chi connectivity index (χ3v) is 5.67. The molecule has 0 bridgehead atoms. The van der Waals surface area contributed by atoms with Crippen molar-refractivity contribution in [2.75, 3.05) is 13.1 Å². The molecule has 1 aromatic rings. The fourth-order valence-electron chi connectivity index (χ4n) is 2.85. The minimum atomic E-state index is -3.89. The Morgan fingerprint density at radius 1 is 1.17 bits per heavy atom. The molecule has 0 radical (unpaired) electrons. The van der Waals surface area contributed by atoms with E-state index in [4.69, 9.17) is 21.9 Å². The molecule has 0 aromatic heterocycles. The number of guanidine groups is 2. The highest BCUT2D eigenvalue weighted by Gasteiger charge is 2.30. The molecule has 0 unspecified atom stereocenters. The Bertz CT molecular complexity index is 926. The number of nitrogens with two attached hydrogens (primary N) is 3. The van der Waals surface area contributed by atoms with Crippen LogP contribution in [-0.4, -0.2) is 56.1 Å². The smallest absolute Gasteiger partial charge is 0.410 e. The highest BCUT2D eigenvalue weighted by molar-refractivity contribution is 7.89. The van der Waals surface area contributed by atoms with E-state index in [1.165, 1.54) is 12.1 Å². The van der Waals surface area contributed by atoms with Crippen molar-refractivity contribution >= 4 is 33.7 Å². The number of aliphatic imine (C=N–C) groups is 2. The molecule has 11 nitrogen and oxygen atoms in total. The highest BCUT2D eigenvalue weighted by atomic mass is 32.2. The Balaban J connectivity index is 2.09. The van der Waals surface area contributed by atoms with E-state index in [-0.39, 0.29) is 28.5 Å². The average molecular weight is 440 g/mol. The van der Waals surface area contributed by atoms with Gasteiger partial charge in [-0.15, -0.1) is 0 Å². The third kappa shape index (κ3) is 6.88. The largest absolute Gasteiger partial charge is 0.444 e. The van der Waals surface area contributed by atoms with Crippen LogP contribution in [0, 0.1) is 0 Å². The molecule has 1 heterocycles. The van der Waals surface area contributed by atoms with Crippen LogP contribution < -0.4 is 21.9 Å². The van der Waals surface area contributed by atoms with Crippen LogP contribution in [0.2, 0.25) is 0 Å². The maximum Gasteiger partial charge on any atom is 0.410 e. The van der Waals surface area contributed by atoms with Crippen LogP contribution in [0.25, 0.3) is 0 Å². The van der Waals surface area contributed by atoms with Gasteiger partial charge < -0.3 is 26.8 Å². The molecule has 1 amide bonds. The molecule has 1 aromatic carbocycles. The summed E-state index contributed by atoms with van der Waals surface area (Å²) in [5, 5.41) is 0. The van der Waals surface area contributed by atoms with Gasteiger partial charge in [-0.3, -0.25) is 0 Å². The van der Waals surface area contributed by atoms with Gasteiger partial charge in [-0.25, -0.2) is 22.9 Å². The van der Waals surface area contributed by atoms with Crippen LogP contribution >= 0.6 is 0 Å². The van der Waals surface area contributed by atoms with E-state index in [2.05, 4.69) is 14.7 Å². The molecule has 7 N–H and O–H groups in total. The number of para-hydroxylation sites is 1. The predicted molar refractivity (Wildman–Crippen MR) is 115 cm³/mol. The lowest BCUT2D eigenvalue weighted by atomic mass is 10.1. The van der Waals surface area contributed by atoms with Crippen molar-refractivity contribution in [3.8, 4) is 0 Å². The quantitative estimate of drug-likeness (QED) is 0.391. The third-order valence-electron chi connectivity index (χ3n) is 4.10. The summed E-state index contributed by atoms with van der Waals surface area (Å²) >= 11 is 0.